The zero-order chi connectivity index (χ0) is 32.3. The van der Waals surface area contributed by atoms with E-state index in [9.17, 15) is 24.3 Å². The number of primary amides is 1. The highest BCUT2D eigenvalue weighted by molar-refractivity contribution is 6.23. The summed E-state index contributed by atoms with van der Waals surface area (Å²) in [6.07, 6.45) is 4.38. The molecule has 12 heteroatoms. The summed E-state index contributed by atoms with van der Waals surface area (Å²) in [5.41, 5.74) is 12.1. The van der Waals surface area contributed by atoms with Crippen molar-refractivity contribution in [3.05, 3.63) is 58.5 Å². The predicted octanol–water partition coefficient (Wildman–Crippen LogP) is 1.70. The normalized spacial score (nSPS) is 28.1. The van der Waals surface area contributed by atoms with Gasteiger partial charge in [0.1, 0.15) is 6.10 Å². The van der Waals surface area contributed by atoms with Gasteiger partial charge in [-0.25, -0.2) is 4.79 Å². The van der Waals surface area contributed by atoms with Crippen LogP contribution < -0.4 is 22.1 Å². The van der Waals surface area contributed by atoms with Gasteiger partial charge >= 0.3 is 6.09 Å². The number of ether oxygens (including phenoxy) is 3. The van der Waals surface area contributed by atoms with Crippen molar-refractivity contribution in [3.63, 3.8) is 0 Å². The van der Waals surface area contributed by atoms with Gasteiger partial charge in [0, 0.05) is 43.9 Å². The van der Waals surface area contributed by atoms with Gasteiger partial charge in [-0.2, -0.15) is 0 Å². The Kier molecular flexibility index (Phi) is 14.0. The minimum atomic E-state index is -1.00. The van der Waals surface area contributed by atoms with E-state index in [1.54, 1.807) is 39.0 Å². The molecule has 2 bridgehead atoms. The van der Waals surface area contributed by atoms with Crippen LogP contribution in [0.4, 0.5) is 4.79 Å². The fourth-order valence-corrected chi connectivity index (χ4v) is 5.09. The number of fused-ring (bicyclic) bond motifs is 2. The number of ketones is 2. The number of allylic oxidation sites excluding steroid dienone is 4. The summed E-state index contributed by atoms with van der Waals surface area (Å²) in [4.78, 5) is 51.5. The average Bonchev–Trinajstić information content (AvgIpc) is 2.95. The molecule has 2 amide bonds. The van der Waals surface area contributed by atoms with Crippen LogP contribution in [0.25, 0.3) is 0 Å². The molecule has 1 aliphatic heterocycles. The van der Waals surface area contributed by atoms with Gasteiger partial charge in [-0.05, 0) is 51.1 Å². The molecular formula is C31H46N4O8. The van der Waals surface area contributed by atoms with Crippen LogP contribution in [-0.2, 0) is 28.6 Å². The van der Waals surface area contributed by atoms with Crippen LogP contribution in [0.3, 0.4) is 0 Å². The van der Waals surface area contributed by atoms with E-state index < -0.39 is 53.9 Å². The number of aliphatic hydroxyl groups is 1. The van der Waals surface area contributed by atoms with E-state index in [2.05, 4.69) is 10.6 Å². The second-order valence-electron chi connectivity index (χ2n) is 11.0. The zero-order valence-electron chi connectivity index (χ0n) is 25.8. The van der Waals surface area contributed by atoms with Gasteiger partial charge in [0.15, 0.2) is 6.10 Å². The molecule has 43 heavy (non-hydrogen) atoms. The second-order valence-corrected chi connectivity index (χ2v) is 11.0. The quantitative estimate of drug-likeness (QED) is 0.163. The van der Waals surface area contributed by atoms with E-state index in [4.69, 9.17) is 25.7 Å². The lowest BCUT2D eigenvalue weighted by molar-refractivity contribution is -0.120. The summed E-state index contributed by atoms with van der Waals surface area (Å²) in [5.74, 6) is -2.12. The molecule has 0 aromatic rings. The molecule has 6 atom stereocenters. The molecule has 2 rings (SSSR count). The van der Waals surface area contributed by atoms with Crippen molar-refractivity contribution < 1.29 is 38.5 Å². The lowest BCUT2D eigenvalue weighted by atomic mass is 9.85. The van der Waals surface area contributed by atoms with Gasteiger partial charge in [-0.3, -0.25) is 14.4 Å². The van der Waals surface area contributed by atoms with Gasteiger partial charge < -0.3 is 41.4 Å². The molecule has 0 aromatic carbocycles. The minimum absolute atomic E-state index is 0.127. The maximum Gasteiger partial charge on any atom is 0.405 e. The molecular weight excluding hydrogens is 556 g/mol. The van der Waals surface area contributed by atoms with Crippen molar-refractivity contribution >= 4 is 23.6 Å². The van der Waals surface area contributed by atoms with Crippen molar-refractivity contribution in [3.8, 4) is 0 Å². The largest absolute Gasteiger partial charge is 0.439 e. The Morgan fingerprint density at radius 1 is 1.16 bits per heavy atom. The van der Waals surface area contributed by atoms with Crippen LogP contribution in [0.1, 0.15) is 47.0 Å². The van der Waals surface area contributed by atoms with E-state index in [-0.39, 0.29) is 34.9 Å². The first-order chi connectivity index (χ1) is 20.3. The van der Waals surface area contributed by atoms with Crippen LogP contribution in [0, 0.1) is 11.8 Å². The predicted molar refractivity (Wildman–Crippen MR) is 161 cm³/mol. The van der Waals surface area contributed by atoms with Crippen molar-refractivity contribution in [2.75, 3.05) is 27.3 Å². The van der Waals surface area contributed by atoms with Crippen LogP contribution in [-0.4, -0.2) is 80.4 Å². The third-order valence-corrected chi connectivity index (χ3v) is 7.48. The fraction of sp³-hybridized carbons (Fsp3) is 0.548. The summed E-state index contributed by atoms with van der Waals surface area (Å²) in [7, 11) is 2.92. The minimum Gasteiger partial charge on any atom is -0.439 e. The number of rotatable bonds is 7. The smallest absolute Gasteiger partial charge is 0.405 e. The van der Waals surface area contributed by atoms with Crippen molar-refractivity contribution in [2.24, 2.45) is 23.3 Å². The van der Waals surface area contributed by atoms with E-state index >= 15 is 0 Å². The summed E-state index contributed by atoms with van der Waals surface area (Å²) < 4.78 is 16.6. The third-order valence-electron chi connectivity index (χ3n) is 7.48. The Morgan fingerprint density at radius 2 is 1.86 bits per heavy atom. The number of methoxy groups -OCH3 is 2. The third kappa shape index (κ3) is 9.99. The maximum absolute atomic E-state index is 13.6. The molecule has 2 aliphatic rings. The molecule has 1 heterocycles. The van der Waals surface area contributed by atoms with Gasteiger partial charge in [-0.15, -0.1) is 0 Å². The molecule has 12 nitrogen and oxygen atoms in total. The number of nitrogens with two attached hydrogens (primary N) is 2. The Hall–Kier alpha value is -3.58. The molecule has 0 fully saturated rings. The highest BCUT2D eigenvalue weighted by atomic mass is 16.6. The number of Topliss-reactive ketones (excluding diaryl/α,β-unsaturated/α-hetero) is 1. The average molecular weight is 603 g/mol. The molecule has 0 radical (unpaired) electrons. The summed E-state index contributed by atoms with van der Waals surface area (Å²) in [6, 6.07) is 0. The highest BCUT2D eigenvalue weighted by Gasteiger charge is 2.33. The number of carbonyl (C=O) groups excluding carboxylic acids is 4. The standard InChI is InChI=1S/C31H46N4O8/c1-17-13-21-26(34-12-8-11-32)23(36)16-22(28(21)38)35-30(39)18(2)9-7-10-24(41-5)29(43-31(33)40)20(4)15-19(3)27(37)25(14-17)42-6/h7,9-10,15-17,19,24-25,27,29,34,37H,8,11-14,32H2,1-6H3,(H2,33,40)(H,35,39)/t17-,19+,24+,25+,27-,29+/m1/s1. The van der Waals surface area contributed by atoms with Gasteiger partial charge in [-0.1, -0.05) is 38.2 Å². The molecule has 238 valence electrons. The Morgan fingerprint density at radius 3 is 2.47 bits per heavy atom. The van der Waals surface area contributed by atoms with Gasteiger partial charge in [0.2, 0.25) is 11.6 Å². The lowest BCUT2D eigenvalue weighted by Crippen LogP contribution is -2.38. The first-order valence-electron chi connectivity index (χ1n) is 14.4. The topological polar surface area (TPSA) is 192 Å². The maximum atomic E-state index is 13.6. The monoisotopic (exact) mass is 602 g/mol. The van der Waals surface area contributed by atoms with E-state index in [1.807, 2.05) is 6.92 Å². The van der Waals surface area contributed by atoms with Crippen LogP contribution >= 0.6 is 0 Å². The Balaban J connectivity index is 2.61. The van der Waals surface area contributed by atoms with E-state index in [1.165, 1.54) is 20.3 Å². The molecule has 0 saturated heterocycles. The van der Waals surface area contributed by atoms with Crippen molar-refractivity contribution in [1.82, 2.24) is 10.6 Å². The summed E-state index contributed by atoms with van der Waals surface area (Å²) >= 11 is 0. The second kappa shape index (κ2) is 16.9. The van der Waals surface area contributed by atoms with Crippen molar-refractivity contribution in [1.29, 1.82) is 0 Å². The Labute approximate surface area is 253 Å². The number of aliphatic hydroxyl groups excluding tert-OH is 1. The van der Waals surface area contributed by atoms with E-state index in [0.717, 1.165) is 6.08 Å². The molecule has 0 aromatic heterocycles. The number of hydrogen-bond acceptors (Lipinski definition) is 10. The van der Waals surface area contributed by atoms with Gasteiger partial charge in [0.05, 0.1) is 23.6 Å². The van der Waals surface area contributed by atoms with Crippen LogP contribution in [0.2, 0.25) is 0 Å². The molecule has 1 aliphatic carbocycles. The lowest BCUT2D eigenvalue weighted by Gasteiger charge is -2.30. The number of nitrogens with one attached hydrogen (secondary N) is 2. The number of amides is 2. The molecule has 0 unspecified atom stereocenters. The SMILES string of the molecule is CO[C@H]1C=CC=C(C)C(=O)NC2=CC(=O)C(NCCCN)=C(C[C@@H](C)C[C@H](OC)[C@H](O)[C@@H](C)C=C(C)[C@@H]1OC(N)=O)C2=O. The van der Waals surface area contributed by atoms with Crippen LogP contribution in [0.5, 0.6) is 0 Å². The Bertz CT molecular complexity index is 1200. The van der Waals surface area contributed by atoms with Crippen molar-refractivity contribution in [2.45, 2.75) is 71.4 Å². The molecule has 0 spiro atoms. The summed E-state index contributed by atoms with van der Waals surface area (Å²) in [5, 5.41) is 16.9. The van der Waals surface area contributed by atoms with Gasteiger partial charge in [0.25, 0.3) is 5.91 Å². The molecule has 0 saturated carbocycles. The fourth-order valence-electron chi connectivity index (χ4n) is 5.09. The molecule has 7 N–H and O–H groups in total. The number of hydrogen-bond donors (Lipinski definition) is 5. The van der Waals surface area contributed by atoms with Crippen LogP contribution in [0.15, 0.2) is 58.5 Å². The highest BCUT2D eigenvalue weighted by Crippen LogP contribution is 2.28. The first-order valence-corrected chi connectivity index (χ1v) is 14.4. The van der Waals surface area contributed by atoms with E-state index in [0.29, 0.717) is 31.5 Å². The first kappa shape index (κ1) is 35.6. The number of carbonyl (C=O) groups is 4. The zero-order valence-corrected chi connectivity index (χ0v) is 25.8. The summed E-state index contributed by atoms with van der Waals surface area (Å²) in [6.45, 7) is 7.79.